The van der Waals surface area contributed by atoms with Crippen LogP contribution in [0.1, 0.15) is 18.1 Å². The molecular formula is C21H23F2N3O5S. The van der Waals surface area contributed by atoms with Gasteiger partial charge in [-0.25, -0.2) is 21.9 Å². The Morgan fingerprint density at radius 2 is 1.53 bits per heavy atom. The van der Waals surface area contributed by atoms with Gasteiger partial charge in [-0.15, -0.1) is 0 Å². The predicted octanol–water partition coefficient (Wildman–Crippen LogP) is 0.815. The van der Waals surface area contributed by atoms with Gasteiger partial charge in [0.25, 0.3) is 0 Å². The molecule has 0 aromatic heterocycles. The third-order valence-electron chi connectivity index (χ3n) is 4.26. The first-order chi connectivity index (χ1) is 14.9. The van der Waals surface area contributed by atoms with Crippen molar-refractivity contribution in [1.82, 2.24) is 15.4 Å². The normalized spacial score (nSPS) is 13.1. The molecule has 8 nitrogen and oxygen atoms in total. The molecule has 0 aliphatic rings. The van der Waals surface area contributed by atoms with Gasteiger partial charge >= 0.3 is 0 Å². The summed E-state index contributed by atoms with van der Waals surface area (Å²) in [7, 11) is -3.76. The molecule has 2 aromatic carbocycles. The number of carbonyl (C=O) groups is 3. The first-order valence-corrected chi connectivity index (χ1v) is 11.4. The molecule has 0 bridgehead atoms. The van der Waals surface area contributed by atoms with Crippen LogP contribution in [0, 0.1) is 11.6 Å². The standard InChI is InChI=1S/C21H23F2N3O5S/c1-13(24-19(27)11-15-8-16(22)12-17(23)9-15)20(28)25-21(29)18(26-32(2,30)31)10-14-6-4-3-5-7-14/h3-9,12-13,18,26H,10-11H2,1-2H3,(H,24,27)(H,25,28,29)/t13-,18-/m0/s1. The molecule has 2 atom stereocenters. The predicted molar refractivity (Wildman–Crippen MR) is 113 cm³/mol. The molecule has 0 radical (unpaired) electrons. The number of nitrogens with one attached hydrogen (secondary N) is 3. The van der Waals surface area contributed by atoms with Crippen molar-refractivity contribution in [3.63, 3.8) is 0 Å². The van der Waals surface area contributed by atoms with Crippen LogP contribution < -0.4 is 15.4 Å². The zero-order valence-electron chi connectivity index (χ0n) is 17.4. The van der Waals surface area contributed by atoms with Crippen molar-refractivity contribution in [3.8, 4) is 0 Å². The van der Waals surface area contributed by atoms with Gasteiger partial charge < -0.3 is 5.32 Å². The van der Waals surface area contributed by atoms with E-state index in [2.05, 4.69) is 15.4 Å². The Hall–Kier alpha value is -3.18. The Balaban J connectivity index is 1.99. The Bertz CT molecular complexity index is 1070. The molecule has 11 heteroatoms. The van der Waals surface area contributed by atoms with Crippen LogP contribution in [0.3, 0.4) is 0 Å². The maximum absolute atomic E-state index is 13.2. The summed E-state index contributed by atoms with van der Waals surface area (Å²) in [5, 5.41) is 4.39. The second-order valence-corrected chi connectivity index (χ2v) is 9.01. The van der Waals surface area contributed by atoms with Crippen molar-refractivity contribution in [2.45, 2.75) is 31.8 Å². The minimum Gasteiger partial charge on any atom is -0.344 e. The summed E-state index contributed by atoms with van der Waals surface area (Å²) in [5.74, 6) is -4.14. The number of amides is 3. The van der Waals surface area contributed by atoms with E-state index in [9.17, 15) is 31.6 Å². The Labute approximate surface area is 184 Å². The first-order valence-electron chi connectivity index (χ1n) is 9.53. The molecule has 2 rings (SSSR count). The van der Waals surface area contributed by atoms with Gasteiger partial charge in [0.1, 0.15) is 23.7 Å². The quantitative estimate of drug-likeness (QED) is 0.504. The number of carbonyl (C=O) groups excluding carboxylic acids is 3. The van der Waals surface area contributed by atoms with Crippen molar-refractivity contribution in [3.05, 3.63) is 71.3 Å². The molecule has 0 fully saturated rings. The number of hydrogen-bond donors (Lipinski definition) is 3. The molecule has 3 amide bonds. The molecule has 172 valence electrons. The Morgan fingerprint density at radius 1 is 0.938 bits per heavy atom. The fraction of sp³-hybridized carbons (Fsp3) is 0.286. The molecule has 0 saturated heterocycles. The molecule has 32 heavy (non-hydrogen) atoms. The average molecular weight is 467 g/mol. The minimum absolute atomic E-state index is 0.00109. The second kappa shape index (κ2) is 10.9. The minimum atomic E-state index is -3.76. The fourth-order valence-electron chi connectivity index (χ4n) is 2.87. The van der Waals surface area contributed by atoms with Gasteiger partial charge in [0, 0.05) is 6.07 Å². The molecule has 0 aliphatic heterocycles. The SMILES string of the molecule is C[C@H](NC(=O)Cc1cc(F)cc(F)c1)C(=O)NC(=O)[C@H](Cc1ccccc1)NS(C)(=O)=O. The highest BCUT2D eigenvalue weighted by Gasteiger charge is 2.26. The molecule has 0 heterocycles. The number of rotatable bonds is 9. The van der Waals surface area contributed by atoms with Crippen molar-refractivity contribution < 1.29 is 31.6 Å². The van der Waals surface area contributed by atoms with Crippen LogP contribution in [0.4, 0.5) is 8.78 Å². The van der Waals surface area contributed by atoms with E-state index >= 15 is 0 Å². The maximum atomic E-state index is 13.2. The van der Waals surface area contributed by atoms with Gasteiger partial charge in [-0.3, -0.25) is 19.7 Å². The number of hydrogen-bond acceptors (Lipinski definition) is 5. The summed E-state index contributed by atoms with van der Waals surface area (Å²) in [6.45, 7) is 1.31. The van der Waals surface area contributed by atoms with Crippen LogP contribution >= 0.6 is 0 Å². The topological polar surface area (TPSA) is 121 Å². The van der Waals surface area contributed by atoms with Crippen LogP contribution in [0.5, 0.6) is 0 Å². The van der Waals surface area contributed by atoms with Gasteiger partial charge in [0.2, 0.25) is 27.7 Å². The van der Waals surface area contributed by atoms with Gasteiger partial charge in [-0.05, 0) is 36.6 Å². The molecule has 2 aromatic rings. The third kappa shape index (κ3) is 8.52. The smallest absolute Gasteiger partial charge is 0.248 e. The number of halogens is 2. The number of sulfonamides is 1. The summed E-state index contributed by atoms with van der Waals surface area (Å²) in [6.07, 6.45) is 0.504. The van der Waals surface area contributed by atoms with Gasteiger partial charge in [0.15, 0.2) is 0 Å². The summed E-state index contributed by atoms with van der Waals surface area (Å²) in [6, 6.07) is 8.82. The van der Waals surface area contributed by atoms with Crippen molar-refractivity contribution in [1.29, 1.82) is 0 Å². The third-order valence-corrected chi connectivity index (χ3v) is 4.97. The van der Waals surface area contributed by atoms with Crippen molar-refractivity contribution in [2.24, 2.45) is 0 Å². The zero-order valence-corrected chi connectivity index (χ0v) is 18.2. The summed E-state index contributed by atoms with van der Waals surface area (Å²) >= 11 is 0. The largest absolute Gasteiger partial charge is 0.344 e. The van der Waals surface area contributed by atoms with Crippen LogP contribution in [-0.4, -0.2) is 44.5 Å². The lowest BCUT2D eigenvalue weighted by Crippen LogP contribution is -2.53. The first kappa shape index (κ1) is 25.1. The van der Waals surface area contributed by atoms with E-state index in [-0.39, 0.29) is 18.4 Å². The van der Waals surface area contributed by atoms with E-state index in [4.69, 9.17) is 0 Å². The van der Waals surface area contributed by atoms with E-state index in [0.717, 1.165) is 18.4 Å². The van der Waals surface area contributed by atoms with E-state index in [1.807, 2.05) is 0 Å². The number of benzene rings is 2. The van der Waals surface area contributed by atoms with Crippen LogP contribution in [0.15, 0.2) is 48.5 Å². The van der Waals surface area contributed by atoms with E-state index in [1.165, 1.54) is 6.92 Å². The highest BCUT2D eigenvalue weighted by Crippen LogP contribution is 2.09. The van der Waals surface area contributed by atoms with Gasteiger partial charge in [0.05, 0.1) is 12.7 Å². The highest BCUT2D eigenvalue weighted by atomic mass is 32.2. The molecule has 3 N–H and O–H groups in total. The number of imide groups is 1. The summed E-state index contributed by atoms with van der Waals surface area (Å²) in [5.41, 5.74) is 0.740. The lowest BCUT2D eigenvalue weighted by atomic mass is 10.1. The molecule has 0 aliphatic carbocycles. The van der Waals surface area contributed by atoms with Crippen LogP contribution in [0.25, 0.3) is 0 Å². The summed E-state index contributed by atoms with van der Waals surface area (Å²) < 4.78 is 51.9. The van der Waals surface area contributed by atoms with Crippen molar-refractivity contribution in [2.75, 3.05) is 6.26 Å². The highest BCUT2D eigenvalue weighted by molar-refractivity contribution is 7.88. The Morgan fingerprint density at radius 3 is 2.09 bits per heavy atom. The fourth-order valence-corrected chi connectivity index (χ4v) is 3.58. The van der Waals surface area contributed by atoms with E-state index in [0.29, 0.717) is 11.6 Å². The molecule has 0 saturated carbocycles. The van der Waals surface area contributed by atoms with Crippen molar-refractivity contribution >= 4 is 27.7 Å². The monoisotopic (exact) mass is 467 g/mol. The molecular weight excluding hydrogens is 444 g/mol. The van der Waals surface area contributed by atoms with Gasteiger partial charge in [-0.2, -0.15) is 0 Å². The van der Waals surface area contributed by atoms with Gasteiger partial charge in [-0.1, -0.05) is 30.3 Å². The zero-order chi connectivity index (χ0) is 23.9. The molecule has 0 spiro atoms. The lowest BCUT2D eigenvalue weighted by molar-refractivity contribution is -0.134. The summed E-state index contributed by atoms with van der Waals surface area (Å²) in [4.78, 5) is 37.0. The van der Waals surface area contributed by atoms with E-state index in [1.54, 1.807) is 30.3 Å². The maximum Gasteiger partial charge on any atom is 0.248 e. The molecule has 0 unspecified atom stereocenters. The van der Waals surface area contributed by atoms with Crippen LogP contribution in [-0.2, 0) is 37.2 Å². The average Bonchev–Trinajstić information content (AvgIpc) is 2.66. The Kier molecular flexibility index (Phi) is 8.56. The van der Waals surface area contributed by atoms with E-state index < -0.39 is 51.5 Å². The van der Waals surface area contributed by atoms with Crippen LogP contribution in [0.2, 0.25) is 0 Å². The lowest BCUT2D eigenvalue weighted by Gasteiger charge is -2.19. The second-order valence-electron chi connectivity index (χ2n) is 7.23.